The molecule has 2 aromatic heterocycles. The lowest BCUT2D eigenvalue weighted by molar-refractivity contribution is 0.414. The molecule has 6 nitrogen and oxygen atoms in total. The van der Waals surface area contributed by atoms with Crippen molar-refractivity contribution in [3.63, 3.8) is 0 Å². The van der Waals surface area contributed by atoms with Gasteiger partial charge in [0.15, 0.2) is 5.82 Å². The third-order valence-electron chi connectivity index (χ3n) is 2.21. The molecule has 2 heterocycles. The monoisotopic (exact) mass is 220 g/mol. The van der Waals surface area contributed by atoms with Crippen molar-refractivity contribution in [2.45, 2.75) is 19.4 Å². The predicted molar refractivity (Wildman–Crippen MR) is 57.6 cm³/mol. The fourth-order valence-corrected chi connectivity index (χ4v) is 1.25. The fraction of sp³-hybridized carbons (Fsp3) is 0.300. The molecule has 1 unspecified atom stereocenters. The number of nitrogens with one attached hydrogen (secondary N) is 1. The van der Waals surface area contributed by atoms with Crippen LogP contribution in [-0.2, 0) is 0 Å². The maximum Gasteiger partial charge on any atom is 0.274 e. The van der Waals surface area contributed by atoms with Crippen molar-refractivity contribution in [1.82, 2.24) is 15.1 Å². The smallest absolute Gasteiger partial charge is 0.274 e. The molecule has 84 valence electrons. The van der Waals surface area contributed by atoms with E-state index in [4.69, 9.17) is 10.3 Å². The second-order valence-electron chi connectivity index (χ2n) is 3.40. The molecule has 3 N–H and O–H groups in total. The Kier molecular flexibility index (Phi) is 2.82. The van der Waals surface area contributed by atoms with Crippen LogP contribution < -0.4 is 11.3 Å². The molecule has 2 aromatic rings. The first-order valence-electron chi connectivity index (χ1n) is 4.99. The molecule has 0 radical (unpaired) electrons. The van der Waals surface area contributed by atoms with Gasteiger partial charge in [-0.15, -0.1) is 0 Å². The van der Waals surface area contributed by atoms with Crippen LogP contribution in [0.1, 0.15) is 25.2 Å². The second-order valence-corrected chi connectivity index (χ2v) is 3.40. The van der Waals surface area contributed by atoms with Crippen LogP contribution in [0.2, 0.25) is 0 Å². The highest BCUT2D eigenvalue weighted by atomic mass is 16.5. The standard InChI is InChI=1S/C10H12N4O2/c1-2-6(11)9-13-10(16-14-9)7-4-3-5-8(15)12-7/h3-6H,2,11H2,1H3,(H,12,15). The predicted octanol–water partition coefficient (Wildman–Crippen LogP) is 0.835. The van der Waals surface area contributed by atoms with Gasteiger partial charge in [-0.05, 0) is 12.5 Å². The highest BCUT2D eigenvalue weighted by Gasteiger charge is 2.13. The lowest BCUT2D eigenvalue weighted by Crippen LogP contribution is -2.10. The van der Waals surface area contributed by atoms with E-state index in [0.717, 1.165) is 6.42 Å². The lowest BCUT2D eigenvalue weighted by atomic mass is 10.2. The van der Waals surface area contributed by atoms with Crippen LogP contribution in [0, 0.1) is 0 Å². The Hall–Kier alpha value is -1.95. The quantitative estimate of drug-likeness (QED) is 0.798. The van der Waals surface area contributed by atoms with Crippen molar-refractivity contribution in [2.24, 2.45) is 5.73 Å². The van der Waals surface area contributed by atoms with E-state index in [-0.39, 0.29) is 17.5 Å². The van der Waals surface area contributed by atoms with Gasteiger partial charge in [0, 0.05) is 6.07 Å². The molecule has 16 heavy (non-hydrogen) atoms. The molecule has 0 bridgehead atoms. The summed E-state index contributed by atoms with van der Waals surface area (Å²) in [6.07, 6.45) is 0.726. The van der Waals surface area contributed by atoms with Crippen LogP contribution in [0.3, 0.4) is 0 Å². The molecule has 0 saturated heterocycles. The molecule has 2 rings (SSSR count). The molecular weight excluding hydrogens is 208 g/mol. The van der Waals surface area contributed by atoms with Gasteiger partial charge in [0.25, 0.3) is 5.89 Å². The number of hydrogen-bond donors (Lipinski definition) is 2. The molecular formula is C10H12N4O2. The zero-order valence-electron chi connectivity index (χ0n) is 8.80. The molecule has 0 aromatic carbocycles. The third kappa shape index (κ3) is 2.01. The summed E-state index contributed by atoms with van der Waals surface area (Å²) in [4.78, 5) is 17.8. The Labute approximate surface area is 91.5 Å². The van der Waals surface area contributed by atoms with Gasteiger partial charge in [0.05, 0.1) is 6.04 Å². The van der Waals surface area contributed by atoms with Gasteiger partial charge in [0.2, 0.25) is 5.56 Å². The highest BCUT2D eigenvalue weighted by Crippen LogP contribution is 2.16. The first-order chi connectivity index (χ1) is 7.70. The van der Waals surface area contributed by atoms with E-state index in [1.807, 2.05) is 6.92 Å². The Balaban J connectivity index is 2.35. The Morgan fingerprint density at radius 2 is 2.38 bits per heavy atom. The molecule has 0 aliphatic heterocycles. The van der Waals surface area contributed by atoms with Gasteiger partial charge in [-0.2, -0.15) is 4.98 Å². The maximum absolute atomic E-state index is 11.1. The summed E-state index contributed by atoms with van der Waals surface area (Å²) in [6, 6.07) is 4.49. The number of H-pyrrole nitrogens is 1. The number of aromatic nitrogens is 3. The van der Waals surface area contributed by atoms with E-state index in [0.29, 0.717) is 11.5 Å². The summed E-state index contributed by atoms with van der Waals surface area (Å²) in [5, 5.41) is 3.76. The van der Waals surface area contributed by atoms with Gasteiger partial charge in [-0.1, -0.05) is 18.1 Å². The number of rotatable bonds is 3. The summed E-state index contributed by atoms with van der Waals surface area (Å²) >= 11 is 0. The number of nitrogens with zero attached hydrogens (tertiary/aromatic N) is 2. The first kappa shape index (κ1) is 10.6. The van der Waals surface area contributed by atoms with E-state index in [1.165, 1.54) is 6.07 Å². The topological polar surface area (TPSA) is 97.8 Å². The fourth-order valence-electron chi connectivity index (χ4n) is 1.25. The number of pyridine rings is 1. The van der Waals surface area contributed by atoms with Crippen LogP contribution in [0.25, 0.3) is 11.6 Å². The minimum atomic E-state index is -0.243. The third-order valence-corrected chi connectivity index (χ3v) is 2.21. The molecule has 6 heteroatoms. The average molecular weight is 220 g/mol. The Bertz CT molecular complexity index is 531. The molecule has 0 spiro atoms. The zero-order valence-corrected chi connectivity index (χ0v) is 8.80. The van der Waals surface area contributed by atoms with E-state index in [9.17, 15) is 4.79 Å². The summed E-state index contributed by atoms with van der Waals surface area (Å²) in [5.74, 6) is 0.721. The van der Waals surface area contributed by atoms with Crippen molar-refractivity contribution < 1.29 is 4.52 Å². The summed E-state index contributed by atoms with van der Waals surface area (Å²) in [6.45, 7) is 1.94. The van der Waals surface area contributed by atoms with Gasteiger partial charge in [-0.3, -0.25) is 4.79 Å². The molecule has 0 aliphatic carbocycles. The van der Waals surface area contributed by atoms with Gasteiger partial charge in [-0.25, -0.2) is 0 Å². The van der Waals surface area contributed by atoms with Gasteiger partial charge < -0.3 is 15.2 Å². The largest absolute Gasteiger partial charge is 0.332 e. The zero-order chi connectivity index (χ0) is 11.5. The van der Waals surface area contributed by atoms with Crippen molar-refractivity contribution in [3.8, 4) is 11.6 Å². The van der Waals surface area contributed by atoms with Crippen LogP contribution in [-0.4, -0.2) is 15.1 Å². The van der Waals surface area contributed by atoms with E-state index >= 15 is 0 Å². The summed E-state index contributed by atoms with van der Waals surface area (Å²) in [5.41, 5.74) is 6.04. The number of aromatic amines is 1. The lowest BCUT2D eigenvalue weighted by Gasteiger charge is -1.99. The van der Waals surface area contributed by atoms with Crippen molar-refractivity contribution in [3.05, 3.63) is 34.4 Å². The van der Waals surface area contributed by atoms with Crippen LogP contribution in [0.4, 0.5) is 0 Å². The average Bonchev–Trinajstić information content (AvgIpc) is 2.77. The highest BCUT2D eigenvalue weighted by molar-refractivity contribution is 5.45. The van der Waals surface area contributed by atoms with Gasteiger partial charge >= 0.3 is 0 Å². The number of nitrogens with two attached hydrogens (primary N) is 1. The molecule has 0 aliphatic rings. The Morgan fingerprint density at radius 1 is 1.56 bits per heavy atom. The molecule has 0 fully saturated rings. The molecule has 0 amide bonds. The van der Waals surface area contributed by atoms with Crippen molar-refractivity contribution in [2.75, 3.05) is 0 Å². The minimum absolute atomic E-state index is 0.211. The molecule has 0 saturated carbocycles. The van der Waals surface area contributed by atoms with E-state index in [2.05, 4.69) is 15.1 Å². The maximum atomic E-state index is 11.1. The molecule has 1 atom stereocenters. The van der Waals surface area contributed by atoms with Crippen LogP contribution in [0.15, 0.2) is 27.5 Å². The minimum Gasteiger partial charge on any atom is -0.332 e. The van der Waals surface area contributed by atoms with Gasteiger partial charge in [0.1, 0.15) is 5.69 Å². The van der Waals surface area contributed by atoms with Crippen LogP contribution in [0.5, 0.6) is 0 Å². The van der Waals surface area contributed by atoms with E-state index in [1.54, 1.807) is 12.1 Å². The second kappa shape index (κ2) is 4.28. The normalized spacial score (nSPS) is 12.6. The van der Waals surface area contributed by atoms with E-state index < -0.39 is 0 Å². The van der Waals surface area contributed by atoms with Crippen LogP contribution >= 0.6 is 0 Å². The first-order valence-corrected chi connectivity index (χ1v) is 4.99. The summed E-state index contributed by atoms with van der Waals surface area (Å²) < 4.78 is 5.02. The van der Waals surface area contributed by atoms with Crippen molar-refractivity contribution in [1.29, 1.82) is 0 Å². The summed E-state index contributed by atoms with van der Waals surface area (Å²) in [7, 11) is 0. The van der Waals surface area contributed by atoms with Crippen molar-refractivity contribution >= 4 is 0 Å². The Morgan fingerprint density at radius 3 is 3.06 bits per heavy atom. The SMILES string of the molecule is CCC(N)c1noc(-c2cccc(=O)[nH]2)n1. The number of hydrogen-bond acceptors (Lipinski definition) is 5.